The second-order valence-corrected chi connectivity index (χ2v) is 8.36. The number of aliphatic hydroxyl groups excluding tert-OH is 1. The molecule has 0 fully saturated rings. The van der Waals surface area contributed by atoms with E-state index in [1.807, 2.05) is 50.2 Å². The molecule has 0 saturated carbocycles. The highest BCUT2D eigenvalue weighted by molar-refractivity contribution is 7.14. The maximum Gasteiger partial charge on any atom is 0.294 e. The summed E-state index contributed by atoms with van der Waals surface area (Å²) in [5.41, 5.74) is 1.90. The number of aryl methyl sites for hydroxylation is 2. The summed E-state index contributed by atoms with van der Waals surface area (Å²) < 4.78 is 5.63. The summed E-state index contributed by atoms with van der Waals surface area (Å²) >= 11 is 1.26. The standard InChI is InChI=1S/C24H22N2O4S/c1-4-30-18-12-8-9-16(13-18)20-19(21(27)23-14(2)25-15(3)31-23)22(28)24(29)26(20)17-10-6-5-7-11-17/h5-13,20,28H,4H2,1-3H3. The number of ether oxygens (including phenoxy) is 1. The van der Waals surface area contributed by atoms with E-state index in [9.17, 15) is 14.7 Å². The van der Waals surface area contributed by atoms with Crippen molar-refractivity contribution < 1.29 is 19.4 Å². The van der Waals surface area contributed by atoms with Gasteiger partial charge in [-0.05, 0) is 50.6 Å². The normalized spacial score (nSPS) is 16.2. The Bertz CT molecular complexity index is 1180. The monoisotopic (exact) mass is 434 g/mol. The molecule has 2 heterocycles. The minimum absolute atomic E-state index is 0.0502. The number of aliphatic hydroxyl groups is 1. The molecular weight excluding hydrogens is 412 g/mol. The number of Topliss-reactive ketones (excluding diaryl/α,β-unsaturated/α-hetero) is 1. The minimum Gasteiger partial charge on any atom is -0.503 e. The van der Waals surface area contributed by atoms with Crippen molar-refractivity contribution in [2.24, 2.45) is 0 Å². The molecule has 6 nitrogen and oxygen atoms in total. The molecule has 1 aromatic heterocycles. The number of aromatic nitrogens is 1. The number of para-hydroxylation sites is 1. The predicted molar refractivity (Wildman–Crippen MR) is 120 cm³/mol. The Labute approximate surface area is 184 Å². The average Bonchev–Trinajstić information content (AvgIpc) is 3.24. The van der Waals surface area contributed by atoms with Gasteiger partial charge in [0.1, 0.15) is 5.75 Å². The summed E-state index contributed by atoms with van der Waals surface area (Å²) in [5, 5.41) is 11.6. The zero-order valence-corrected chi connectivity index (χ0v) is 18.3. The lowest BCUT2D eigenvalue weighted by Gasteiger charge is -2.27. The highest BCUT2D eigenvalue weighted by atomic mass is 32.1. The molecule has 1 aliphatic heterocycles. The molecule has 0 saturated heterocycles. The van der Waals surface area contributed by atoms with E-state index in [2.05, 4.69) is 4.98 Å². The summed E-state index contributed by atoms with van der Waals surface area (Å²) in [6.45, 7) is 5.95. The molecule has 7 heteroatoms. The molecule has 2 aromatic carbocycles. The van der Waals surface area contributed by atoms with Crippen LogP contribution in [0.25, 0.3) is 0 Å². The zero-order chi connectivity index (χ0) is 22.1. The second-order valence-electron chi connectivity index (χ2n) is 7.16. The molecule has 4 rings (SSSR count). The summed E-state index contributed by atoms with van der Waals surface area (Å²) in [5.74, 6) is -0.908. The fraction of sp³-hybridized carbons (Fsp3) is 0.208. The zero-order valence-electron chi connectivity index (χ0n) is 17.5. The molecule has 0 aliphatic carbocycles. The Morgan fingerprint density at radius 2 is 1.90 bits per heavy atom. The number of benzene rings is 2. The third-order valence-electron chi connectivity index (χ3n) is 5.08. The molecule has 1 aliphatic rings. The first kappa shape index (κ1) is 20.8. The Balaban J connectivity index is 1.89. The smallest absolute Gasteiger partial charge is 0.294 e. The number of thiazole rings is 1. The maximum absolute atomic E-state index is 13.6. The summed E-state index contributed by atoms with van der Waals surface area (Å²) in [7, 11) is 0. The number of nitrogens with zero attached hydrogens (tertiary/aromatic N) is 2. The van der Waals surface area contributed by atoms with Crippen LogP contribution in [-0.4, -0.2) is 28.4 Å². The van der Waals surface area contributed by atoms with Crippen LogP contribution in [-0.2, 0) is 4.79 Å². The van der Waals surface area contributed by atoms with E-state index in [0.29, 0.717) is 34.2 Å². The van der Waals surface area contributed by atoms with Gasteiger partial charge in [0.25, 0.3) is 5.91 Å². The van der Waals surface area contributed by atoms with Crippen LogP contribution in [0.3, 0.4) is 0 Å². The van der Waals surface area contributed by atoms with Crippen molar-refractivity contribution >= 4 is 28.7 Å². The SMILES string of the molecule is CCOc1cccc(C2C(C(=O)c3sc(C)nc3C)=C(O)C(=O)N2c2ccccc2)c1. The Morgan fingerprint density at radius 3 is 2.55 bits per heavy atom. The van der Waals surface area contributed by atoms with E-state index in [4.69, 9.17) is 4.74 Å². The van der Waals surface area contributed by atoms with Gasteiger partial charge in [-0.2, -0.15) is 0 Å². The van der Waals surface area contributed by atoms with Crippen LogP contribution in [0.5, 0.6) is 5.75 Å². The van der Waals surface area contributed by atoms with Crippen LogP contribution in [0.15, 0.2) is 65.9 Å². The number of anilines is 1. The van der Waals surface area contributed by atoms with Gasteiger partial charge < -0.3 is 9.84 Å². The summed E-state index contributed by atoms with van der Waals surface area (Å²) in [4.78, 5) is 32.9. The van der Waals surface area contributed by atoms with E-state index >= 15 is 0 Å². The lowest BCUT2D eigenvalue weighted by atomic mass is 9.94. The topological polar surface area (TPSA) is 79.7 Å². The quantitative estimate of drug-likeness (QED) is 0.556. The highest BCUT2D eigenvalue weighted by Crippen LogP contribution is 2.43. The molecule has 158 valence electrons. The minimum atomic E-state index is -0.787. The molecule has 3 aromatic rings. The Morgan fingerprint density at radius 1 is 1.16 bits per heavy atom. The number of hydrogen-bond acceptors (Lipinski definition) is 6. The highest BCUT2D eigenvalue weighted by Gasteiger charge is 2.45. The third kappa shape index (κ3) is 3.72. The average molecular weight is 435 g/mol. The first-order valence-corrected chi connectivity index (χ1v) is 10.8. The number of rotatable bonds is 6. The number of carbonyl (C=O) groups excluding carboxylic acids is 2. The van der Waals surface area contributed by atoms with Gasteiger partial charge in [-0.15, -0.1) is 11.3 Å². The van der Waals surface area contributed by atoms with Gasteiger partial charge in [0.2, 0.25) is 5.78 Å². The van der Waals surface area contributed by atoms with Crippen LogP contribution in [0.4, 0.5) is 5.69 Å². The molecular formula is C24H22N2O4S. The van der Waals surface area contributed by atoms with Gasteiger partial charge in [-0.25, -0.2) is 4.98 Å². The van der Waals surface area contributed by atoms with Crippen LogP contribution in [0, 0.1) is 13.8 Å². The van der Waals surface area contributed by atoms with Crippen LogP contribution < -0.4 is 9.64 Å². The molecule has 1 amide bonds. The van der Waals surface area contributed by atoms with Gasteiger partial charge in [-0.3, -0.25) is 14.5 Å². The van der Waals surface area contributed by atoms with E-state index in [-0.39, 0.29) is 11.4 Å². The van der Waals surface area contributed by atoms with Crippen molar-refractivity contribution in [2.75, 3.05) is 11.5 Å². The van der Waals surface area contributed by atoms with Crippen molar-refractivity contribution in [2.45, 2.75) is 26.8 Å². The summed E-state index contributed by atoms with van der Waals surface area (Å²) in [6, 6.07) is 15.5. The fourth-order valence-corrected chi connectivity index (χ4v) is 4.69. The number of hydrogen-bond donors (Lipinski definition) is 1. The Hall–Kier alpha value is -3.45. The van der Waals surface area contributed by atoms with Crippen molar-refractivity contribution in [3.05, 3.63) is 87.1 Å². The lowest BCUT2D eigenvalue weighted by molar-refractivity contribution is -0.117. The van der Waals surface area contributed by atoms with Gasteiger partial charge in [-0.1, -0.05) is 30.3 Å². The maximum atomic E-state index is 13.6. The lowest BCUT2D eigenvalue weighted by Crippen LogP contribution is -2.31. The number of amides is 1. The van der Waals surface area contributed by atoms with Gasteiger partial charge >= 0.3 is 0 Å². The Kier molecular flexibility index (Phi) is 5.61. The van der Waals surface area contributed by atoms with E-state index in [1.54, 1.807) is 25.1 Å². The first-order chi connectivity index (χ1) is 14.9. The van der Waals surface area contributed by atoms with Crippen molar-refractivity contribution in [1.29, 1.82) is 0 Å². The van der Waals surface area contributed by atoms with Gasteiger partial charge in [0, 0.05) is 5.69 Å². The van der Waals surface area contributed by atoms with Gasteiger partial charge in [0.15, 0.2) is 5.76 Å². The van der Waals surface area contributed by atoms with Crippen LogP contribution in [0.1, 0.15) is 38.9 Å². The molecule has 1 unspecified atom stereocenters. The molecule has 31 heavy (non-hydrogen) atoms. The molecule has 0 spiro atoms. The third-order valence-corrected chi connectivity index (χ3v) is 6.15. The van der Waals surface area contributed by atoms with Crippen molar-refractivity contribution in [1.82, 2.24) is 4.98 Å². The molecule has 0 bridgehead atoms. The van der Waals surface area contributed by atoms with E-state index in [0.717, 1.165) is 5.01 Å². The second kappa shape index (κ2) is 8.35. The molecule has 1 atom stereocenters. The first-order valence-electron chi connectivity index (χ1n) is 9.95. The largest absolute Gasteiger partial charge is 0.503 e. The number of ketones is 1. The molecule has 1 N–H and O–H groups in total. The van der Waals surface area contributed by atoms with Crippen LogP contribution in [0.2, 0.25) is 0 Å². The molecule has 0 radical (unpaired) electrons. The van der Waals surface area contributed by atoms with Gasteiger partial charge in [0.05, 0.1) is 33.8 Å². The number of carbonyl (C=O) groups is 2. The van der Waals surface area contributed by atoms with Crippen molar-refractivity contribution in [3.63, 3.8) is 0 Å². The van der Waals surface area contributed by atoms with Crippen molar-refractivity contribution in [3.8, 4) is 5.75 Å². The summed E-state index contributed by atoms with van der Waals surface area (Å²) in [6.07, 6.45) is 0. The van der Waals surface area contributed by atoms with Crippen LogP contribution >= 0.6 is 11.3 Å². The fourth-order valence-electron chi connectivity index (χ4n) is 3.81. The van der Waals surface area contributed by atoms with E-state index < -0.39 is 17.7 Å². The predicted octanol–water partition coefficient (Wildman–Crippen LogP) is 4.94. The van der Waals surface area contributed by atoms with E-state index in [1.165, 1.54) is 16.2 Å².